The molecular weight excluding hydrogens is 552 g/mol. The lowest BCUT2D eigenvalue weighted by atomic mass is 10.1. The van der Waals surface area contributed by atoms with E-state index < -0.39 is 24.3 Å². The Balaban J connectivity index is 0.000000333. The quantitative estimate of drug-likeness (QED) is 0.511. The Bertz CT molecular complexity index is 1050. The van der Waals surface area contributed by atoms with Crippen LogP contribution in [0, 0.1) is 5.92 Å². The molecule has 4 rings (SSSR count). The topological polar surface area (TPSA) is 112 Å². The maximum atomic E-state index is 10.6. The van der Waals surface area contributed by atoms with Gasteiger partial charge in [-0.15, -0.1) is 0 Å². The molecule has 1 aromatic heterocycles. The van der Waals surface area contributed by atoms with Crippen molar-refractivity contribution in [3.05, 3.63) is 59.9 Å². The zero-order chi connectivity index (χ0) is 29.9. The number of aromatic nitrogens is 1. The van der Waals surface area contributed by atoms with Crippen LogP contribution in [0.5, 0.6) is 5.75 Å². The number of nitrogens with zero attached hydrogens (tertiary/aromatic N) is 3. The summed E-state index contributed by atoms with van der Waals surface area (Å²) in [5.74, 6) is -4.03. The number of fused-ring (bicyclic) bond motifs is 1. The molecule has 2 aromatic rings. The van der Waals surface area contributed by atoms with Gasteiger partial charge in [0.2, 0.25) is 0 Å². The summed E-state index contributed by atoms with van der Waals surface area (Å²) in [6, 6.07) is 12.6. The lowest BCUT2D eigenvalue weighted by Gasteiger charge is -2.23. The van der Waals surface area contributed by atoms with Crippen molar-refractivity contribution >= 4 is 11.9 Å². The second-order valence-electron chi connectivity index (χ2n) is 8.91. The molecule has 15 heteroatoms. The minimum atomic E-state index is -5.08. The molecule has 2 atom stereocenters. The highest BCUT2D eigenvalue weighted by Crippen LogP contribution is 2.26. The first-order chi connectivity index (χ1) is 18.7. The van der Waals surface area contributed by atoms with Gasteiger partial charge in [0.15, 0.2) is 0 Å². The van der Waals surface area contributed by atoms with Gasteiger partial charge in [0, 0.05) is 57.6 Å². The number of ether oxygens (including phenoxy) is 2. The second-order valence-corrected chi connectivity index (χ2v) is 8.91. The number of carboxylic acid groups (broad SMARTS) is 2. The van der Waals surface area contributed by atoms with Crippen LogP contribution in [-0.2, 0) is 27.4 Å². The van der Waals surface area contributed by atoms with Crippen LogP contribution in [-0.4, -0.2) is 95.3 Å². The molecule has 0 radical (unpaired) electrons. The first-order valence-electron chi connectivity index (χ1n) is 11.9. The van der Waals surface area contributed by atoms with E-state index in [-0.39, 0.29) is 0 Å². The van der Waals surface area contributed by atoms with Crippen LogP contribution in [0.4, 0.5) is 26.3 Å². The minimum absolute atomic E-state index is 0.354. The van der Waals surface area contributed by atoms with E-state index in [9.17, 15) is 26.3 Å². The molecule has 2 N–H and O–H groups in total. The van der Waals surface area contributed by atoms with E-state index in [1.54, 1.807) is 7.11 Å². The molecule has 2 saturated heterocycles. The molecule has 2 aliphatic rings. The Hall–Kier alpha value is -3.43. The van der Waals surface area contributed by atoms with Crippen LogP contribution in [0.1, 0.15) is 11.1 Å². The number of aliphatic carboxylic acids is 2. The van der Waals surface area contributed by atoms with Gasteiger partial charge in [-0.05, 0) is 29.3 Å². The Kier molecular flexibility index (Phi) is 12.1. The number of methoxy groups -OCH3 is 1. The summed E-state index contributed by atoms with van der Waals surface area (Å²) in [7, 11) is 1.71. The summed E-state index contributed by atoms with van der Waals surface area (Å²) >= 11 is 0. The van der Waals surface area contributed by atoms with Gasteiger partial charge in [-0.1, -0.05) is 18.2 Å². The fourth-order valence-corrected chi connectivity index (χ4v) is 4.06. The van der Waals surface area contributed by atoms with Crippen molar-refractivity contribution in [1.82, 2.24) is 14.8 Å². The van der Waals surface area contributed by atoms with Gasteiger partial charge < -0.3 is 19.7 Å². The maximum Gasteiger partial charge on any atom is 0.490 e. The SMILES string of the molecule is COc1ccc(CN2C[C@@H]3CN(Cc4cccnc4)CCO[C@@H]3C2)cc1.O=C(O)C(F)(F)F.O=C(O)C(F)(F)F. The Morgan fingerprint density at radius 2 is 1.48 bits per heavy atom. The molecule has 0 saturated carbocycles. The number of likely N-dealkylation sites (tertiary alicyclic amines) is 1. The number of pyridine rings is 1. The molecule has 2 aliphatic heterocycles. The average molecular weight is 582 g/mol. The minimum Gasteiger partial charge on any atom is -0.497 e. The summed E-state index contributed by atoms with van der Waals surface area (Å²) in [4.78, 5) is 27.1. The predicted molar refractivity (Wildman–Crippen MR) is 128 cm³/mol. The molecule has 1 aromatic carbocycles. The fourth-order valence-electron chi connectivity index (χ4n) is 4.06. The molecule has 0 amide bonds. The van der Waals surface area contributed by atoms with Crippen LogP contribution in [0.3, 0.4) is 0 Å². The molecular formula is C25H29F6N3O6. The second kappa shape index (κ2) is 14.8. The van der Waals surface area contributed by atoms with Crippen molar-refractivity contribution in [1.29, 1.82) is 0 Å². The average Bonchev–Trinajstić information content (AvgIpc) is 3.15. The number of hydrogen-bond acceptors (Lipinski definition) is 7. The summed E-state index contributed by atoms with van der Waals surface area (Å²) in [6.45, 7) is 6.97. The highest BCUT2D eigenvalue weighted by atomic mass is 19.4. The van der Waals surface area contributed by atoms with Gasteiger partial charge in [-0.3, -0.25) is 14.8 Å². The van der Waals surface area contributed by atoms with Crippen molar-refractivity contribution in [2.75, 3.05) is 39.9 Å². The van der Waals surface area contributed by atoms with Gasteiger partial charge >= 0.3 is 24.3 Å². The predicted octanol–water partition coefficient (Wildman–Crippen LogP) is 3.69. The van der Waals surface area contributed by atoms with E-state index in [0.29, 0.717) is 12.0 Å². The molecule has 9 nitrogen and oxygen atoms in total. The van der Waals surface area contributed by atoms with Crippen molar-refractivity contribution in [2.45, 2.75) is 31.5 Å². The van der Waals surface area contributed by atoms with Crippen molar-refractivity contribution in [3.8, 4) is 5.75 Å². The normalized spacial score (nSPS) is 19.7. The highest BCUT2D eigenvalue weighted by Gasteiger charge is 2.39. The van der Waals surface area contributed by atoms with E-state index in [2.05, 4.69) is 33.0 Å². The Morgan fingerprint density at radius 3 is 1.98 bits per heavy atom. The monoisotopic (exact) mass is 581 g/mol. The van der Waals surface area contributed by atoms with Crippen molar-refractivity contribution in [2.24, 2.45) is 5.92 Å². The molecule has 40 heavy (non-hydrogen) atoms. The van der Waals surface area contributed by atoms with Gasteiger partial charge in [-0.25, -0.2) is 9.59 Å². The van der Waals surface area contributed by atoms with Crippen LogP contribution in [0.15, 0.2) is 48.8 Å². The van der Waals surface area contributed by atoms with Crippen molar-refractivity contribution in [3.63, 3.8) is 0 Å². The first kappa shape index (κ1) is 32.8. The molecule has 0 bridgehead atoms. The van der Waals surface area contributed by atoms with E-state index in [4.69, 9.17) is 29.3 Å². The molecule has 3 heterocycles. The van der Waals surface area contributed by atoms with Crippen LogP contribution >= 0.6 is 0 Å². The molecule has 0 spiro atoms. The number of benzene rings is 1. The van der Waals surface area contributed by atoms with Gasteiger partial charge in [0.25, 0.3) is 0 Å². The van der Waals surface area contributed by atoms with E-state index in [0.717, 1.165) is 51.6 Å². The lowest BCUT2D eigenvalue weighted by molar-refractivity contribution is -0.193. The number of carboxylic acids is 2. The fraction of sp³-hybridized carbons (Fsp3) is 0.480. The summed E-state index contributed by atoms with van der Waals surface area (Å²) in [5.41, 5.74) is 2.61. The lowest BCUT2D eigenvalue weighted by Crippen LogP contribution is -2.32. The molecule has 0 aliphatic carbocycles. The third kappa shape index (κ3) is 11.4. The van der Waals surface area contributed by atoms with Crippen LogP contribution in [0.2, 0.25) is 0 Å². The molecule has 2 fully saturated rings. The standard InChI is InChI=1S/C21H27N3O2.2C2HF3O2/c1-25-20-6-4-17(5-7-20)12-24-15-19-14-23(9-10-26-21(19)16-24)13-18-3-2-8-22-11-18;2*3-2(4,5)1(6)7/h2-8,11,19,21H,9-10,12-16H2,1H3;2*(H,6,7)/t19-,21+;;/m0../s1. The largest absolute Gasteiger partial charge is 0.497 e. The molecule has 222 valence electrons. The number of hydrogen-bond donors (Lipinski definition) is 2. The highest BCUT2D eigenvalue weighted by molar-refractivity contribution is 5.73. The summed E-state index contributed by atoms with van der Waals surface area (Å²) < 4.78 is 74.9. The van der Waals surface area contributed by atoms with Crippen molar-refractivity contribution < 1.29 is 55.6 Å². The number of alkyl halides is 6. The zero-order valence-electron chi connectivity index (χ0n) is 21.4. The van der Waals surface area contributed by atoms with Crippen LogP contribution < -0.4 is 4.74 Å². The summed E-state index contributed by atoms with van der Waals surface area (Å²) in [6.07, 6.45) is -6.01. The van der Waals surface area contributed by atoms with Gasteiger partial charge in [0.1, 0.15) is 5.75 Å². The number of carbonyl (C=O) groups is 2. The van der Waals surface area contributed by atoms with E-state index in [1.165, 1.54) is 11.1 Å². The van der Waals surface area contributed by atoms with E-state index >= 15 is 0 Å². The molecule has 0 unspecified atom stereocenters. The Labute approximate surface area is 225 Å². The zero-order valence-corrected chi connectivity index (χ0v) is 21.4. The summed E-state index contributed by atoms with van der Waals surface area (Å²) in [5, 5.41) is 14.2. The van der Waals surface area contributed by atoms with Crippen LogP contribution in [0.25, 0.3) is 0 Å². The van der Waals surface area contributed by atoms with Gasteiger partial charge in [0.05, 0.1) is 19.8 Å². The third-order valence-corrected chi connectivity index (χ3v) is 5.87. The van der Waals surface area contributed by atoms with E-state index in [1.807, 2.05) is 30.6 Å². The van der Waals surface area contributed by atoms with Gasteiger partial charge in [-0.2, -0.15) is 26.3 Å². The maximum absolute atomic E-state index is 10.6. The number of rotatable bonds is 5. The smallest absolute Gasteiger partial charge is 0.490 e. The Morgan fingerprint density at radius 1 is 0.925 bits per heavy atom. The number of halogens is 6. The first-order valence-corrected chi connectivity index (χ1v) is 11.9. The third-order valence-electron chi connectivity index (χ3n) is 5.87.